The second-order valence-electron chi connectivity index (χ2n) is 7.49. The molecule has 2 aliphatic heterocycles. The lowest BCUT2D eigenvalue weighted by molar-refractivity contribution is -0.172. The number of urea groups is 1. The number of fused-ring (bicyclic) bond motifs is 2. The molecule has 0 bridgehead atoms. The van der Waals surface area contributed by atoms with Crippen molar-refractivity contribution in [1.82, 2.24) is 10.2 Å². The number of ether oxygens (including phenoxy) is 1. The molecular formula is C16H26N2O3. The minimum Gasteiger partial charge on any atom is -0.393 e. The van der Waals surface area contributed by atoms with Gasteiger partial charge in [0.15, 0.2) is 0 Å². The smallest absolute Gasteiger partial charge is 0.317 e. The van der Waals surface area contributed by atoms with Gasteiger partial charge in [-0.1, -0.05) is 6.42 Å². The van der Waals surface area contributed by atoms with E-state index in [1.54, 1.807) is 0 Å². The number of aliphatic hydroxyl groups is 1. The number of carbonyl (C=O) groups is 1. The van der Waals surface area contributed by atoms with Crippen molar-refractivity contribution in [2.45, 2.75) is 57.3 Å². The van der Waals surface area contributed by atoms with Crippen LogP contribution in [-0.2, 0) is 4.74 Å². The maximum atomic E-state index is 12.5. The van der Waals surface area contributed by atoms with E-state index in [2.05, 4.69) is 5.32 Å². The van der Waals surface area contributed by atoms with Crippen molar-refractivity contribution in [3.8, 4) is 0 Å². The molecule has 4 fully saturated rings. The van der Waals surface area contributed by atoms with Crippen molar-refractivity contribution in [2.24, 2.45) is 17.3 Å². The molecule has 2 aliphatic carbocycles. The second kappa shape index (κ2) is 4.85. The molecular weight excluding hydrogens is 268 g/mol. The van der Waals surface area contributed by atoms with Crippen LogP contribution in [0.5, 0.6) is 0 Å². The normalized spacial score (nSPS) is 41.3. The van der Waals surface area contributed by atoms with Gasteiger partial charge in [-0.3, -0.25) is 0 Å². The first-order valence-electron chi connectivity index (χ1n) is 8.47. The lowest BCUT2D eigenvalue weighted by atomic mass is 9.46. The highest BCUT2D eigenvalue weighted by Crippen LogP contribution is 2.62. The Kier molecular flexibility index (Phi) is 3.19. The number of hydrogen-bond acceptors (Lipinski definition) is 3. The van der Waals surface area contributed by atoms with Crippen LogP contribution in [0.2, 0.25) is 0 Å². The van der Waals surface area contributed by atoms with E-state index in [9.17, 15) is 9.90 Å². The zero-order chi connectivity index (χ0) is 14.6. The Labute approximate surface area is 126 Å². The van der Waals surface area contributed by atoms with Crippen LogP contribution in [0, 0.1) is 17.3 Å². The number of aliphatic hydroxyl groups excluding tert-OH is 1. The van der Waals surface area contributed by atoms with E-state index in [0.717, 1.165) is 26.0 Å². The quantitative estimate of drug-likeness (QED) is 0.808. The average Bonchev–Trinajstić information content (AvgIpc) is 3.01. The van der Waals surface area contributed by atoms with Gasteiger partial charge in [0, 0.05) is 43.0 Å². The van der Waals surface area contributed by atoms with Crippen LogP contribution >= 0.6 is 0 Å². The van der Waals surface area contributed by atoms with Crippen molar-refractivity contribution in [3.63, 3.8) is 0 Å². The van der Waals surface area contributed by atoms with Crippen LogP contribution in [0.4, 0.5) is 4.79 Å². The van der Waals surface area contributed by atoms with Crippen molar-refractivity contribution in [3.05, 3.63) is 0 Å². The molecule has 2 saturated carbocycles. The predicted molar refractivity (Wildman–Crippen MR) is 77.8 cm³/mol. The third kappa shape index (κ3) is 1.93. The molecule has 0 aromatic heterocycles. The first kappa shape index (κ1) is 13.8. The Morgan fingerprint density at radius 1 is 1.43 bits per heavy atom. The van der Waals surface area contributed by atoms with Gasteiger partial charge < -0.3 is 20.1 Å². The number of carbonyl (C=O) groups excluding carboxylic acids is 1. The Hall–Kier alpha value is -0.810. The minimum absolute atomic E-state index is 0.0692. The highest BCUT2D eigenvalue weighted by Gasteiger charge is 2.67. The summed E-state index contributed by atoms with van der Waals surface area (Å²) in [6.45, 7) is 4.14. The van der Waals surface area contributed by atoms with Crippen LogP contribution in [0.25, 0.3) is 0 Å². The van der Waals surface area contributed by atoms with E-state index in [-0.39, 0.29) is 23.5 Å². The summed E-state index contributed by atoms with van der Waals surface area (Å²) < 4.78 is 5.90. The molecule has 2 heterocycles. The number of hydrogen-bond donors (Lipinski definition) is 2. The summed E-state index contributed by atoms with van der Waals surface area (Å²) in [6.07, 6.45) is 5.76. The van der Waals surface area contributed by atoms with Crippen molar-refractivity contribution in [2.75, 3.05) is 19.7 Å². The van der Waals surface area contributed by atoms with E-state index < -0.39 is 0 Å². The molecule has 5 atom stereocenters. The van der Waals surface area contributed by atoms with Crippen LogP contribution < -0.4 is 5.32 Å². The van der Waals surface area contributed by atoms with E-state index in [1.165, 1.54) is 19.3 Å². The Morgan fingerprint density at radius 3 is 2.86 bits per heavy atom. The molecule has 21 heavy (non-hydrogen) atoms. The molecule has 0 aromatic carbocycles. The van der Waals surface area contributed by atoms with Gasteiger partial charge >= 0.3 is 6.03 Å². The molecule has 0 unspecified atom stereocenters. The van der Waals surface area contributed by atoms with E-state index in [1.807, 2.05) is 11.8 Å². The first-order valence-corrected chi connectivity index (χ1v) is 8.47. The number of nitrogens with zero attached hydrogens (tertiary/aromatic N) is 1. The highest BCUT2D eigenvalue weighted by molar-refractivity contribution is 5.75. The van der Waals surface area contributed by atoms with Gasteiger partial charge in [-0.25, -0.2) is 4.79 Å². The third-order valence-corrected chi connectivity index (χ3v) is 6.51. The molecule has 2 amide bonds. The summed E-state index contributed by atoms with van der Waals surface area (Å²) in [7, 11) is 0. The zero-order valence-electron chi connectivity index (χ0n) is 12.8. The zero-order valence-corrected chi connectivity index (χ0v) is 12.8. The number of rotatable bonds is 2. The molecule has 1 spiro atoms. The van der Waals surface area contributed by atoms with Crippen molar-refractivity contribution < 1.29 is 14.6 Å². The summed E-state index contributed by atoms with van der Waals surface area (Å²) >= 11 is 0. The second-order valence-corrected chi connectivity index (χ2v) is 7.49. The standard InChI is InChI=1S/C16H26N2O3/c1-10(19)11-3-7-18(9-11)15(20)17-13-12-4-8-21-14(12)16(13)5-2-6-16/h10-14,19H,2-9H2,1H3,(H,17,20)/t10-,11+,12-,13+,14+/m0/s1. The van der Waals surface area contributed by atoms with Gasteiger partial charge in [0.05, 0.1) is 12.2 Å². The molecule has 0 radical (unpaired) electrons. The minimum atomic E-state index is -0.322. The number of likely N-dealkylation sites (tertiary alicyclic amines) is 1. The van der Waals surface area contributed by atoms with Crippen molar-refractivity contribution >= 4 is 6.03 Å². The molecule has 4 rings (SSSR count). The molecule has 2 N–H and O–H groups in total. The van der Waals surface area contributed by atoms with E-state index in [0.29, 0.717) is 24.6 Å². The summed E-state index contributed by atoms with van der Waals surface area (Å²) in [5, 5.41) is 13.0. The fourth-order valence-electron chi connectivity index (χ4n) is 5.05. The van der Waals surface area contributed by atoms with Crippen LogP contribution in [0.1, 0.15) is 39.0 Å². The first-order chi connectivity index (χ1) is 10.1. The monoisotopic (exact) mass is 294 g/mol. The van der Waals surface area contributed by atoms with Gasteiger partial charge in [-0.05, 0) is 32.6 Å². The van der Waals surface area contributed by atoms with Gasteiger partial charge in [0.25, 0.3) is 0 Å². The SMILES string of the molecule is C[C@H](O)[C@@H]1CCN(C(=O)N[C@@H]2[C@@H]3CCO[C@H]3C23CCC3)C1. The maximum absolute atomic E-state index is 12.5. The molecule has 0 aromatic rings. The van der Waals surface area contributed by atoms with Gasteiger partial charge in [0.2, 0.25) is 0 Å². The number of nitrogens with one attached hydrogen (secondary N) is 1. The largest absolute Gasteiger partial charge is 0.393 e. The van der Waals surface area contributed by atoms with E-state index in [4.69, 9.17) is 4.74 Å². The Balaban J connectivity index is 1.39. The van der Waals surface area contributed by atoms with Crippen LogP contribution in [0.3, 0.4) is 0 Å². The Morgan fingerprint density at radius 2 is 2.24 bits per heavy atom. The topological polar surface area (TPSA) is 61.8 Å². The molecule has 5 nitrogen and oxygen atoms in total. The van der Waals surface area contributed by atoms with Gasteiger partial charge in [0.1, 0.15) is 0 Å². The molecule has 5 heteroatoms. The highest BCUT2D eigenvalue weighted by atomic mass is 16.5. The van der Waals surface area contributed by atoms with Crippen molar-refractivity contribution in [1.29, 1.82) is 0 Å². The predicted octanol–water partition coefficient (Wildman–Crippen LogP) is 1.36. The third-order valence-electron chi connectivity index (χ3n) is 6.51. The fraction of sp³-hybridized carbons (Fsp3) is 0.938. The fourth-order valence-corrected chi connectivity index (χ4v) is 5.05. The average molecular weight is 294 g/mol. The lowest BCUT2D eigenvalue weighted by Gasteiger charge is -2.63. The molecule has 4 aliphatic rings. The maximum Gasteiger partial charge on any atom is 0.317 e. The van der Waals surface area contributed by atoms with Crippen LogP contribution in [0.15, 0.2) is 0 Å². The summed E-state index contributed by atoms with van der Waals surface area (Å²) in [6, 6.07) is 0.386. The van der Waals surface area contributed by atoms with Gasteiger partial charge in [-0.2, -0.15) is 0 Å². The molecule has 118 valence electrons. The number of amides is 2. The Bertz CT molecular complexity index is 435. The lowest BCUT2D eigenvalue weighted by Crippen LogP contribution is -2.72. The summed E-state index contributed by atoms with van der Waals surface area (Å²) in [5.41, 5.74) is 0.250. The van der Waals surface area contributed by atoms with Gasteiger partial charge in [-0.15, -0.1) is 0 Å². The summed E-state index contributed by atoms with van der Waals surface area (Å²) in [5.74, 6) is 0.766. The van der Waals surface area contributed by atoms with E-state index >= 15 is 0 Å². The summed E-state index contributed by atoms with van der Waals surface area (Å²) in [4.78, 5) is 14.4. The molecule has 2 saturated heterocycles. The van der Waals surface area contributed by atoms with Crippen LogP contribution in [-0.4, -0.2) is 54.0 Å².